The van der Waals surface area contributed by atoms with E-state index in [0.29, 0.717) is 19.6 Å². The van der Waals surface area contributed by atoms with E-state index >= 15 is 0 Å². The van der Waals surface area contributed by atoms with Crippen LogP contribution in [0.4, 0.5) is 0 Å². The van der Waals surface area contributed by atoms with Gasteiger partial charge in [-0.15, -0.1) is 0 Å². The third kappa shape index (κ3) is 5.48. The van der Waals surface area contributed by atoms with Crippen LogP contribution >= 0.6 is 0 Å². The maximum atomic E-state index is 8.36. The molecule has 1 aromatic carbocycles. The number of benzene rings is 1. The zero-order chi connectivity index (χ0) is 12.3. The molecule has 0 radical (unpaired) electrons. The summed E-state index contributed by atoms with van der Waals surface area (Å²) in [6, 6.07) is 14.0. The number of nitriles is 1. The maximum Gasteiger partial charge on any atom is 0.0935 e. The van der Waals surface area contributed by atoms with Crippen molar-refractivity contribution in [2.24, 2.45) is 0 Å². The Hall–Kier alpha value is -1.37. The Labute approximate surface area is 105 Å². The maximum absolute atomic E-state index is 8.36. The molecule has 0 N–H and O–H groups in total. The number of hydrogen-bond donors (Lipinski definition) is 0. The van der Waals surface area contributed by atoms with Crippen LogP contribution in [0.3, 0.4) is 0 Å². The SMILES string of the molecule is CC[SiH](C=CCOCCC#N)c1ccccc1. The molecule has 0 heterocycles. The predicted molar refractivity (Wildman–Crippen MR) is 73.9 cm³/mol. The van der Waals surface area contributed by atoms with Gasteiger partial charge < -0.3 is 4.74 Å². The van der Waals surface area contributed by atoms with E-state index in [1.54, 1.807) is 0 Å². The highest BCUT2D eigenvalue weighted by molar-refractivity contribution is 6.77. The summed E-state index contributed by atoms with van der Waals surface area (Å²) in [5.74, 6) is 0. The van der Waals surface area contributed by atoms with E-state index in [1.165, 1.54) is 11.2 Å². The quantitative estimate of drug-likeness (QED) is 0.545. The molecule has 0 spiro atoms. The van der Waals surface area contributed by atoms with Gasteiger partial charge in [0.2, 0.25) is 0 Å². The van der Waals surface area contributed by atoms with E-state index in [1.807, 2.05) is 0 Å². The first-order valence-corrected chi connectivity index (χ1v) is 8.10. The van der Waals surface area contributed by atoms with Crippen LogP contribution in [-0.4, -0.2) is 22.0 Å². The molecule has 0 amide bonds. The number of hydrogen-bond acceptors (Lipinski definition) is 2. The van der Waals surface area contributed by atoms with Gasteiger partial charge in [-0.3, -0.25) is 0 Å². The molecule has 2 nitrogen and oxygen atoms in total. The van der Waals surface area contributed by atoms with Crippen molar-refractivity contribution < 1.29 is 4.74 Å². The van der Waals surface area contributed by atoms with Gasteiger partial charge in [-0.05, 0) is 0 Å². The summed E-state index contributed by atoms with van der Waals surface area (Å²) in [7, 11) is -0.956. The lowest BCUT2D eigenvalue weighted by Gasteiger charge is -2.08. The average Bonchev–Trinajstić information content (AvgIpc) is 2.39. The summed E-state index contributed by atoms with van der Waals surface area (Å²) in [5.41, 5.74) is 2.32. The third-order valence-electron chi connectivity index (χ3n) is 2.61. The topological polar surface area (TPSA) is 33.0 Å². The third-order valence-corrected chi connectivity index (χ3v) is 5.47. The van der Waals surface area contributed by atoms with Gasteiger partial charge in [-0.25, -0.2) is 0 Å². The molecule has 0 aliphatic carbocycles. The first kappa shape index (κ1) is 13.7. The van der Waals surface area contributed by atoms with Gasteiger partial charge >= 0.3 is 0 Å². The molecule has 0 bridgehead atoms. The van der Waals surface area contributed by atoms with Crippen molar-refractivity contribution in [3.8, 4) is 6.07 Å². The monoisotopic (exact) mass is 245 g/mol. The van der Waals surface area contributed by atoms with E-state index in [9.17, 15) is 0 Å². The van der Waals surface area contributed by atoms with E-state index in [4.69, 9.17) is 10.00 Å². The van der Waals surface area contributed by atoms with E-state index < -0.39 is 8.80 Å². The Morgan fingerprint density at radius 3 is 2.76 bits per heavy atom. The van der Waals surface area contributed by atoms with Gasteiger partial charge in [0, 0.05) is 0 Å². The molecule has 17 heavy (non-hydrogen) atoms. The highest BCUT2D eigenvalue weighted by atomic mass is 28.3. The molecule has 0 aliphatic heterocycles. The zero-order valence-electron chi connectivity index (χ0n) is 10.3. The summed E-state index contributed by atoms with van der Waals surface area (Å²) in [4.78, 5) is 0. The molecule has 0 aromatic heterocycles. The molecule has 1 unspecified atom stereocenters. The normalized spacial score (nSPS) is 12.5. The van der Waals surface area contributed by atoms with Crippen LogP contribution in [0.1, 0.15) is 13.3 Å². The van der Waals surface area contributed by atoms with Crippen molar-refractivity contribution in [3.63, 3.8) is 0 Å². The Morgan fingerprint density at radius 2 is 2.12 bits per heavy atom. The first-order chi connectivity index (χ1) is 8.38. The van der Waals surface area contributed by atoms with Crippen molar-refractivity contribution in [2.45, 2.75) is 19.4 Å². The second-order valence-electron chi connectivity index (χ2n) is 3.84. The zero-order valence-corrected chi connectivity index (χ0v) is 11.5. The second-order valence-corrected chi connectivity index (χ2v) is 6.92. The summed E-state index contributed by atoms with van der Waals surface area (Å²) in [5, 5.41) is 9.83. The number of ether oxygens (including phenoxy) is 1. The van der Waals surface area contributed by atoms with Crippen molar-refractivity contribution >= 4 is 14.0 Å². The lowest BCUT2D eigenvalue weighted by Crippen LogP contribution is -2.26. The molecule has 0 fully saturated rings. The largest absolute Gasteiger partial charge is 0.376 e. The van der Waals surface area contributed by atoms with Gasteiger partial charge in [0.1, 0.15) is 0 Å². The summed E-state index contributed by atoms with van der Waals surface area (Å²) in [6.07, 6.45) is 2.58. The van der Waals surface area contributed by atoms with Gasteiger partial charge in [-0.1, -0.05) is 60.3 Å². The Bertz CT molecular complexity index is 370. The smallest absolute Gasteiger partial charge is 0.0935 e. The molecule has 3 heteroatoms. The van der Waals surface area contributed by atoms with Crippen LogP contribution in [0.5, 0.6) is 0 Å². The summed E-state index contributed by atoms with van der Waals surface area (Å²) < 4.78 is 5.32. The predicted octanol–water partition coefficient (Wildman–Crippen LogP) is 2.17. The van der Waals surface area contributed by atoms with Crippen LogP contribution < -0.4 is 5.19 Å². The molecule has 1 rings (SSSR count). The molecule has 1 aromatic rings. The minimum Gasteiger partial charge on any atom is -0.376 e. The first-order valence-electron chi connectivity index (χ1n) is 6.04. The van der Waals surface area contributed by atoms with Crippen molar-refractivity contribution in [1.29, 1.82) is 5.26 Å². The highest BCUT2D eigenvalue weighted by Crippen LogP contribution is 1.96. The molecule has 0 aliphatic rings. The Balaban J connectivity index is 2.37. The molecule has 1 atom stereocenters. The van der Waals surface area contributed by atoms with Crippen LogP contribution in [0.2, 0.25) is 6.04 Å². The summed E-state index contributed by atoms with van der Waals surface area (Å²) >= 11 is 0. The fraction of sp³-hybridized carbons (Fsp3) is 0.357. The summed E-state index contributed by atoms with van der Waals surface area (Å²) in [6.45, 7) is 3.40. The van der Waals surface area contributed by atoms with Crippen molar-refractivity contribution in [3.05, 3.63) is 42.1 Å². The standard InChI is InChI=1S/C14H19NOSi/c1-2-17(14-8-4-3-5-9-14)13-7-12-16-11-6-10-15/h3-5,7-9,13,17H,2,6,11-12H2,1H3. The molecule has 0 saturated heterocycles. The lowest BCUT2D eigenvalue weighted by atomic mass is 10.4. The fourth-order valence-corrected chi connectivity index (χ4v) is 3.79. The fourth-order valence-electron chi connectivity index (χ4n) is 1.67. The van der Waals surface area contributed by atoms with E-state index in [0.717, 1.165) is 0 Å². The van der Waals surface area contributed by atoms with Crippen LogP contribution in [0.15, 0.2) is 42.1 Å². The molecule has 0 saturated carbocycles. The number of nitrogens with zero attached hydrogens (tertiary/aromatic N) is 1. The number of rotatable bonds is 7. The van der Waals surface area contributed by atoms with Crippen LogP contribution in [0.25, 0.3) is 0 Å². The minimum atomic E-state index is -0.956. The molecule has 90 valence electrons. The van der Waals surface area contributed by atoms with Gasteiger partial charge in [0.15, 0.2) is 0 Å². The molecular weight excluding hydrogens is 226 g/mol. The van der Waals surface area contributed by atoms with Gasteiger partial charge in [0.25, 0.3) is 0 Å². The van der Waals surface area contributed by atoms with Crippen LogP contribution in [-0.2, 0) is 4.74 Å². The van der Waals surface area contributed by atoms with E-state index in [-0.39, 0.29) is 0 Å². The van der Waals surface area contributed by atoms with Crippen LogP contribution in [0, 0.1) is 11.3 Å². The average molecular weight is 245 g/mol. The highest BCUT2D eigenvalue weighted by Gasteiger charge is 2.05. The van der Waals surface area contributed by atoms with Gasteiger partial charge in [-0.2, -0.15) is 5.26 Å². The minimum absolute atomic E-state index is 0.473. The van der Waals surface area contributed by atoms with Crippen molar-refractivity contribution in [1.82, 2.24) is 0 Å². The second kappa shape index (κ2) is 8.74. The Morgan fingerprint density at radius 1 is 1.35 bits per heavy atom. The van der Waals surface area contributed by atoms with Gasteiger partial charge in [0.05, 0.1) is 34.5 Å². The van der Waals surface area contributed by atoms with E-state index in [2.05, 4.69) is 55.1 Å². The van der Waals surface area contributed by atoms with Crippen molar-refractivity contribution in [2.75, 3.05) is 13.2 Å². The Kier molecular flexibility index (Phi) is 7.04. The lowest BCUT2D eigenvalue weighted by molar-refractivity contribution is 0.168. The molecular formula is C14H19NOSi.